The van der Waals surface area contributed by atoms with Gasteiger partial charge in [0.25, 0.3) is 5.91 Å². The van der Waals surface area contributed by atoms with E-state index in [2.05, 4.69) is 4.72 Å². The molecule has 1 N–H and O–H groups in total. The molecule has 2 aromatic rings. The van der Waals surface area contributed by atoms with Crippen LogP contribution in [0.25, 0.3) is 6.08 Å². The molecule has 0 bridgehead atoms. The van der Waals surface area contributed by atoms with Crippen LogP contribution in [0, 0.1) is 11.3 Å². The molecule has 0 aliphatic carbocycles. The molecule has 1 amide bonds. The zero-order chi connectivity index (χ0) is 21.3. The number of anilines is 1. The first kappa shape index (κ1) is 22.1. The van der Waals surface area contributed by atoms with E-state index in [0.717, 1.165) is 0 Å². The fraction of sp³-hybridized carbons (Fsp3) is 0.238. The summed E-state index contributed by atoms with van der Waals surface area (Å²) in [6.45, 7) is 2.70. The number of rotatable bonds is 9. The van der Waals surface area contributed by atoms with E-state index in [1.807, 2.05) is 13.0 Å². The summed E-state index contributed by atoms with van der Waals surface area (Å²) in [5.41, 5.74) is 1.34. The first-order chi connectivity index (χ1) is 13.9. The second-order valence-electron chi connectivity index (χ2n) is 5.93. The fourth-order valence-corrected chi connectivity index (χ4v) is 3.28. The lowest BCUT2D eigenvalue weighted by Gasteiger charge is -2.20. The van der Waals surface area contributed by atoms with E-state index >= 15 is 0 Å². The Labute approximate surface area is 171 Å². The number of ether oxygens (including phenoxy) is 1. The van der Waals surface area contributed by atoms with Crippen LogP contribution in [-0.4, -0.2) is 34.5 Å². The van der Waals surface area contributed by atoms with Crippen LogP contribution in [0.2, 0.25) is 0 Å². The summed E-state index contributed by atoms with van der Waals surface area (Å²) in [5.74, 6) is 0.424. The van der Waals surface area contributed by atoms with Crippen LogP contribution in [0.5, 0.6) is 5.75 Å². The molecule has 0 aliphatic heterocycles. The molecule has 29 heavy (non-hydrogen) atoms. The van der Waals surface area contributed by atoms with Crippen LogP contribution in [-0.2, 0) is 14.8 Å². The van der Waals surface area contributed by atoms with Gasteiger partial charge in [0.05, 0.1) is 24.0 Å². The Morgan fingerprint density at radius 1 is 1.17 bits per heavy atom. The van der Waals surface area contributed by atoms with E-state index < -0.39 is 10.0 Å². The first-order valence-electron chi connectivity index (χ1n) is 9.04. The topological polar surface area (TPSA) is 99.5 Å². The SMILES string of the molecule is CCOc1ccc(N(CCC#N)C(=O)/C=C/c2ccc(S(=O)(=O)NC)cc2)cc1. The largest absolute Gasteiger partial charge is 0.494 e. The van der Waals surface area contributed by atoms with Gasteiger partial charge in [0, 0.05) is 18.3 Å². The second kappa shape index (κ2) is 10.4. The Balaban J connectivity index is 2.18. The molecule has 0 heterocycles. The molecule has 0 fully saturated rings. The highest BCUT2D eigenvalue weighted by Gasteiger charge is 2.14. The normalized spacial score (nSPS) is 11.2. The van der Waals surface area contributed by atoms with Crippen LogP contribution < -0.4 is 14.4 Å². The zero-order valence-corrected chi connectivity index (χ0v) is 17.1. The van der Waals surface area contributed by atoms with E-state index in [4.69, 9.17) is 10.00 Å². The van der Waals surface area contributed by atoms with Crippen LogP contribution >= 0.6 is 0 Å². The highest BCUT2D eigenvalue weighted by atomic mass is 32.2. The van der Waals surface area contributed by atoms with Crippen molar-refractivity contribution in [2.45, 2.75) is 18.2 Å². The van der Waals surface area contributed by atoms with Gasteiger partial charge < -0.3 is 9.64 Å². The van der Waals surface area contributed by atoms with Gasteiger partial charge in [-0.25, -0.2) is 13.1 Å². The molecule has 2 rings (SSSR count). The van der Waals surface area contributed by atoms with Crippen molar-refractivity contribution in [3.8, 4) is 11.8 Å². The average molecular weight is 413 g/mol. The Bertz CT molecular complexity index is 992. The molecule has 0 atom stereocenters. The molecule has 7 nitrogen and oxygen atoms in total. The summed E-state index contributed by atoms with van der Waals surface area (Å²) < 4.78 is 31.2. The molecule has 152 valence electrons. The van der Waals surface area contributed by atoms with Crippen LogP contribution in [0.4, 0.5) is 5.69 Å². The third kappa shape index (κ3) is 6.17. The Kier molecular flexibility index (Phi) is 7.95. The molecule has 0 spiro atoms. The van der Waals surface area contributed by atoms with Gasteiger partial charge in [-0.15, -0.1) is 0 Å². The van der Waals surface area contributed by atoms with Crippen molar-refractivity contribution < 1.29 is 17.9 Å². The Morgan fingerprint density at radius 3 is 2.38 bits per heavy atom. The second-order valence-corrected chi connectivity index (χ2v) is 7.82. The Hall–Kier alpha value is -3.15. The van der Waals surface area contributed by atoms with Gasteiger partial charge in [-0.3, -0.25) is 4.79 Å². The minimum Gasteiger partial charge on any atom is -0.494 e. The van der Waals surface area contributed by atoms with E-state index in [1.54, 1.807) is 42.5 Å². The molecule has 0 saturated carbocycles. The first-order valence-corrected chi connectivity index (χ1v) is 10.5. The third-order valence-electron chi connectivity index (χ3n) is 4.05. The van der Waals surface area contributed by atoms with Gasteiger partial charge in [-0.05, 0) is 62.0 Å². The van der Waals surface area contributed by atoms with Crippen molar-refractivity contribution in [2.24, 2.45) is 0 Å². The minimum absolute atomic E-state index is 0.147. The molecular formula is C21H23N3O4S. The Morgan fingerprint density at radius 2 is 1.83 bits per heavy atom. The van der Waals surface area contributed by atoms with Crippen molar-refractivity contribution in [1.82, 2.24) is 4.72 Å². The monoisotopic (exact) mass is 413 g/mol. The zero-order valence-electron chi connectivity index (χ0n) is 16.3. The molecule has 0 unspecified atom stereocenters. The number of amides is 1. The van der Waals surface area contributed by atoms with E-state index in [-0.39, 0.29) is 23.8 Å². The fourth-order valence-electron chi connectivity index (χ4n) is 2.55. The number of carbonyl (C=O) groups excluding carboxylic acids is 1. The van der Waals surface area contributed by atoms with Gasteiger partial charge in [-0.2, -0.15) is 5.26 Å². The number of nitriles is 1. The van der Waals surface area contributed by atoms with Gasteiger partial charge in [-0.1, -0.05) is 12.1 Å². The molecule has 0 aliphatic rings. The van der Waals surface area contributed by atoms with Crippen LogP contribution in [0.1, 0.15) is 18.9 Å². The lowest BCUT2D eigenvalue weighted by molar-refractivity contribution is -0.114. The van der Waals surface area contributed by atoms with E-state index in [0.29, 0.717) is 23.6 Å². The summed E-state index contributed by atoms with van der Waals surface area (Å²) in [6, 6.07) is 15.3. The maximum absolute atomic E-state index is 12.7. The number of sulfonamides is 1. The number of benzene rings is 2. The predicted octanol–water partition coefficient (Wildman–Crippen LogP) is 2.95. The van der Waals surface area contributed by atoms with Crippen molar-refractivity contribution in [2.75, 3.05) is 25.1 Å². The highest BCUT2D eigenvalue weighted by Crippen LogP contribution is 2.20. The number of hydrogen-bond acceptors (Lipinski definition) is 5. The van der Waals surface area contributed by atoms with Crippen LogP contribution in [0.15, 0.2) is 59.5 Å². The van der Waals surface area contributed by atoms with E-state index in [1.165, 1.54) is 30.2 Å². The number of hydrogen-bond donors (Lipinski definition) is 1. The van der Waals surface area contributed by atoms with Gasteiger partial charge in [0.15, 0.2) is 0 Å². The van der Waals surface area contributed by atoms with Gasteiger partial charge in [0.2, 0.25) is 10.0 Å². The van der Waals surface area contributed by atoms with Crippen molar-refractivity contribution in [3.63, 3.8) is 0 Å². The average Bonchev–Trinajstić information content (AvgIpc) is 2.74. The predicted molar refractivity (Wildman–Crippen MR) is 112 cm³/mol. The molecule has 0 aromatic heterocycles. The molecule has 0 radical (unpaired) electrons. The lowest BCUT2D eigenvalue weighted by Crippen LogP contribution is -2.30. The highest BCUT2D eigenvalue weighted by molar-refractivity contribution is 7.89. The van der Waals surface area contributed by atoms with Crippen molar-refractivity contribution >= 4 is 27.7 Å². The lowest BCUT2D eigenvalue weighted by atomic mass is 10.2. The quantitative estimate of drug-likeness (QED) is 0.637. The van der Waals surface area contributed by atoms with Crippen molar-refractivity contribution in [3.05, 3.63) is 60.2 Å². The molecule has 2 aromatic carbocycles. The summed E-state index contributed by atoms with van der Waals surface area (Å²) in [7, 11) is -2.16. The summed E-state index contributed by atoms with van der Waals surface area (Å²) in [5, 5.41) is 8.90. The molecule has 0 saturated heterocycles. The standard InChI is InChI=1S/C21H23N3O4S/c1-3-28-19-10-8-18(9-11-19)24(16-4-15-22)21(25)14-7-17-5-12-20(13-6-17)29(26,27)23-2/h5-14,23H,3-4,16H2,1-2H3/b14-7+. The van der Waals surface area contributed by atoms with Crippen LogP contribution in [0.3, 0.4) is 0 Å². The summed E-state index contributed by atoms with van der Waals surface area (Å²) in [4.78, 5) is 14.4. The number of nitrogens with zero attached hydrogens (tertiary/aromatic N) is 2. The van der Waals surface area contributed by atoms with E-state index in [9.17, 15) is 13.2 Å². The number of nitrogens with one attached hydrogen (secondary N) is 1. The maximum atomic E-state index is 12.7. The smallest absolute Gasteiger partial charge is 0.251 e. The van der Waals surface area contributed by atoms with Crippen molar-refractivity contribution in [1.29, 1.82) is 5.26 Å². The van der Waals surface area contributed by atoms with Gasteiger partial charge >= 0.3 is 0 Å². The molecule has 8 heteroatoms. The minimum atomic E-state index is -3.50. The summed E-state index contributed by atoms with van der Waals surface area (Å²) in [6.07, 6.45) is 3.20. The van der Waals surface area contributed by atoms with Gasteiger partial charge in [0.1, 0.15) is 5.75 Å². The number of carbonyl (C=O) groups is 1. The maximum Gasteiger partial charge on any atom is 0.251 e. The third-order valence-corrected chi connectivity index (χ3v) is 5.48. The molecular weight excluding hydrogens is 390 g/mol. The summed E-state index contributed by atoms with van der Waals surface area (Å²) >= 11 is 0.